The molecule has 0 aromatic heterocycles. The van der Waals surface area contributed by atoms with Crippen molar-refractivity contribution >= 4 is 16.0 Å². The van der Waals surface area contributed by atoms with Crippen LogP contribution in [0, 0.1) is 0 Å². The van der Waals surface area contributed by atoms with Crippen LogP contribution >= 0.6 is 0 Å². The quantitative estimate of drug-likeness (QED) is 0.183. The Labute approximate surface area is 229 Å². The van der Waals surface area contributed by atoms with Crippen molar-refractivity contribution in [1.82, 2.24) is 4.72 Å². The Balaban J connectivity index is 0. The Bertz CT molecular complexity index is 472. The molecule has 0 rings (SSSR count). The number of nitrogens with one attached hydrogen (secondary N) is 1. The van der Waals surface area contributed by atoms with E-state index >= 15 is 0 Å². The van der Waals surface area contributed by atoms with Gasteiger partial charge in [0.05, 0.1) is 5.75 Å². The van der Waals surface area contributed by atoms with Crippen LogP contribution in [0.25, 0.3) is 0 Å². The molecule has 1 N–H and O–H groups in total. The summed E-state index contributed by atoms with van der Waals surface area (Å²) in [6.45, 7) is 2.19. The standard InChI is InChI=1S/C23H47NO4S.K/c1-2-3-4-5-6-7-8-9-10-11-12-13-14-15-16-17-18-19-22-29(27,28)24-21-20-23(25)26;/h24H,2-22H2,1H3,(H,25,26);/q;+1/p-1. The maximum atomic E-state index is 11.7. The monoisotopic (exact) mass is 471 g/mol. The molecule has 0 radical (unpaired) electrons. The van der Waals surface area contributed by atoms with Crippen LogP contribution in [0.4, 0.5) is 0 Å². The van der Waals surface area contributed by atoms with Gasteiger partial charge in [0.1, 0.15) is 0 Å². The summed E-state index contributed by atoms with van der Waals surface area (Å²) in [5.74, 6) is -1.15. The summed E-state index contributed by atoms with van der Waals surface area (Å²) < 4.78 is 25.6. The van der Waals surface area contributed by atoms with Crippen LogP contribution in [0.1, 0.15) is 129 Å². The molecule has 0 spiro atoms. The van der Waals surface area contributed by atoms with Crippen LogP contribution < -0.4 is 61.2 Å². The second-order valence-electron chi connectivity index (χ2n) is 8.35. The van der Waals surface area contributed by atoms with E-state index in [2.05, 4.69) is 11.6 Å². The van der Waals surface area contributed by atoms with Gasteiger partial charge in [-0.15, -0.1) is 0 Å². The number of carboxylic acid groups (broad SMARTS) is 1. The van der Waals surface area contributed by atoms with E-state index in [1.165, 1.54) is 96.3 Å². The Morgan fingerprint density at radius 3 is 1.33 bits per heavy atom. The van der Waals surface area contributed by atoms with Crippen molar-refractivity contribution in [3.05, 3.63) is 0 Å². The van der Waals surface area contributed by atoms with Gasteiger partial charge in [-0.3, -0.25) is 0 Å². The minimum absolute atomic E-state index is 0. The van der Waals surface area contributed by atoms with Crippen LogP contribution in [-0.2, 0) is 14.8 Å². The second-order valence-corrected chi connectivity index (χ2v) is 10.3. The number of rotatable bonds is 23. The van der Waals surface area contributed by atoms with Crippen LogP contribution in [0.3, 0.4) is 0 Å². The number of carbonyl (C=O) groups excluding carboxylic acids is 1. The van der Waals surface area contributed by atoms with Crippen molar-refractivity contribution in [2.24, 2.45) is 0 Å². The molecule has 0 saturated heterocycles. The van der Waals surface area contributed by atoms with Gasteiger partial charge in [0.2, 0.25) is 10.0 Å². The van der Waals surface area contributed by atoms with Crippen LogP contribution in [-0.4, -0.2) is 26.7 Å². The van der Waals surface area contributed by atoms with E-state index in [0.29, 0.717) is 6.42 Å². The van der Waals surface area contributed by atoms with Crippen molar-refractivity contribution in [3.8, 4) is 0 Å². The summed E-state index contributed by atoms with van der Waals surface area (Å²) in [5, 5.41) is 10.3. The number of carbonyl (C=O) groups is 1. The maximum Gasteiger partial charge on any atom is 1.00 e. The zero-order valence-corrected chi connectivity index (χ0v) is 23.8. The fraction of sp³-hybridized carbons (Fsp3) is 0.957. The normalized spacial score (nSPS) is 11.4. The molecule has 0 aromatic rings. The smallest absolute Gasteiger partial charge is 0.550 e. The predicted molar refractivity (Wildman–Crippen MR) is 120 cm³/mol. The number of sulfonamides is 1. The van der Waals surface area contributed by atoms with E-state index in [9.17, 15) is 18.3 Å². The molecule has 0 unspecified atom stereocenters. The molecule has 0 aromatic carbocycles. The molecule has 0 fully saturated rings. The Hall–Kier alpha value is 1.02. The first-order valence-corrected chi connectivity index (χ1v) is 13.8. The van der Waals surface area contributed by atoms with E-state index in [1.54, 1.807) is 0 Å². The van der Waals surface area contributed by atoms with Gasteiger partial charge >= 0.3 is 51.4 Å². The van der Waals surface area contributed by atoms with Gasteiger partial charge in [0.15, 0.2) is 0 Å². The van der Waals surface area contributed by atoms with Gasteiger partial charge in [0.25, 0.3) is 0 Å². The summed E-state index contributed by atoms with van der Waals surface area (Å²) in [7, 11) is -3.34. The summed E-state index contributed by atoms with van der Waals surface area (Å²) in [5.41, 5.74) is 0. The molecule has 174 valence electrons. The zero-order valence-electron chi connectivity index (χ0n) is 19.9. The molecule has 0 aliphatic carbocycles. The molecular weight excluding hydrogens is 425 g/mol. The van der Waals surface area contributed by atoms with E-state index in [0.717, 1.165) is 12.8 Å². The van der Waals surface area contributed by atoms with Gasteiger partial charge in [-0.2, -0.15) is 0 Å². The van der Waals surface area contributed by atoms with Gasteiger partial charge in [-0.05, 0) is 6.42 Å². The van der Waals surface area contributed by atoms with Crippen molar-refractivity contribution in [3.63, 3.8) is 0 Å². The zero-order chi connectivity index (χ0) is 21.6. The van der Waals surface area contributed by atoms with Crippen molar-refractivity contribution in [2.75, 3.05) is 12.3 Å². The number of unbranched alkanes of at least 4 members (excludes halogenated alkanes) is 17. The second kappa shape index (κ2) is 24.7. The van der Waals surface area contributed by atoms with Crippen molar-refractivity contribution in [2.45, 2.75) is 129 Å². The van der Waals surface area contributed by atoms with Crippen molar-refractivity contribution in [1.29, 1.82) is 0 Å². The number of hydrogen-bond donors (Lipinski definition) is 1. The summed E-state index contributed by atoms with van der Waals surface area (Å²) >= 11 is 0. The molecule has 0 aliphatic heterocycles. The van der Waals surface area contributed by atoms with Gasteiger partial charge in [-0.25, -0.2) is 13.1 Å². The van der Waals surface area contributed by atoms with Gasteiger partial charge < -0.3 is 9.90 Å². The summed E-state index contributed by atoms with van der Waals surface area (Å²) in [6, 6.07) is 0. The average molecular weight is 472 g/mol. The third-order valence-electron chi connectivity index (χ3n) is 5.42. The fourth-order valence-corrected chi connectivity index (χ4v) is 4.72. The molecule has 30 heavy (non-hydrogen) atoms. The molecule has 0 amide bonds. The third-order valence-corrected chi connectivity index (χ3v) is 6.89. The van der Waals surface area contributed by atoms with E-state index in [-0.39, 0.29) is 70.1 Å². The van der Waals surface area contributed by atoms with Gasteiger partial charge in [0, 0.05) is 18.9 Å². The van der Waals surface area contributed by atoms with E-state index < -0.39 is 16.0 Å². The molecule has 0 saturated carbocycles. The predicted octanol–water partition coefficient (Wildman–Crippen LogP) is 2.09. The maximum absolute atomic E-state index is 11.7. The van der Waals surface area contributed by atoms with Crippen molar-refractivity contribution < 1.29 is 69.7 Å². The first kappa shape index (κ1) is 33.2. The minimum Gasteiger partial charge on any atom is -0.550 e. The molecule has 0 bridgehead atoms. The van der Waals surface area contributed by atoms with Crippen LogP contribution in [0.5, 0.6) is 0 Å². The SMILES string of the molecule is CCCCCCCCCCCCCCCCCCCCS(=O)(=O)NCCC(=O)[O-].[K+]. The van der Waals surface area contributed by atoms with E-state index in [1.807, 2.05) is 0 Å². The third kappa shape index (κ3) is 27.1. The summed E-state index contributed by atoms with van der Waals surface area (Å²) in [4.78, 5) is 10.3. The molecular formula is C23H46KNO4S. The largest absolute Gasteiger partial charge is 1.00 e. The Kier molecular flexibility index (Phi) is 27.3. The first-order valence-electron chi connectivity index (χ1n) is 12.1. The topological polar surface area (TPSA) is 86.3 Å². The molecule has 7 heteroatoms. The molecule has 0 atom stereocenters. The summed E-state index contributed by atoms with van der Waals surface area (Å²) in [6.07, 6.45) is 22.7. The van der Waals surface area contributed by atoms with Crippen LogP contribution in [0.15, 0.2) is 0 Å². The number of carboxylic acids is 1. The first-order chi connectivity index (χ1) is 14.0. The van der Waals surface area contributed by atoms with Gasteiger partial charge in [-0.1, -0.05) is 116 Å². The minimum atomic E-state index is -3.34. The molecule has 0 aliphatic rings. The Morgan fingerprint density at radius 1 is 0.667 bits per heavy atom. The van der Waals surface area contributed by atoms with Crippen LogP contribution in [0.2, 0.25) is 0 Å². The van der Waals surface area contributed by atoms with E-state index in [4.69, 9.17) is 0 Å². The number of hydrogen-bond acceptors (Lipinski definition) is 4. The fourth-order valence-electron chi connectivity index (χ4n) is 3.57. The average Bonchev–Trinajstić information content (AvgIpc) is 2.66. The Morgan fingerprint density at radius 2 is 1.00 bits per heavy atom. The number of aliphatic carboxylic acids is 1. The molecule has 0 heterocycles. The molecule has 5 nitrogen and oxygen atoms in total.